The molecule has 2 aliphatic rings. The van der Waals surface area contributed by atoms with Gasteiger partial charge in [-0.2, -0.15) is 8.78 Å². The molecule has 0 aliphatic heterocycles. The zero-order chi connectivity index (χ0) is 22.6. The van der Waals surface area contributed by atoms with E-state index in [4.69, 9.17) is 4.74 Å². The molecule has 0 unspecified atom stereocenters. The summed E-state index contributed by atoms with van der Waals surface area (Å²) in [5, 5.41) is 0. The highest BCUT2D eigenvalue weighted by Crippen LogP contribution is 2.37. The number of aryl methyl sites for hydroxylation is 1. The van der Waals surface area contributed by atoms with E-state index in [2.05, 4.69) is 13.8 Å². The van der Waals surface area contributed by atoms with Gasteiger partial charge in [0.05, 0.1) is 5.56 Å². The maximum Gasteiger partial charge on any atom is 0.426 e. The van der Waals surface area contributed by atoms with Crippen LogP contribution >= 0.6 is 0 Å². The van der Waals surface area contributed by atoms with Crippen LogP contribution in [-0.2, 0) is 12.5 Å². The van der Waals surface area contributed by atoms with E-state index < -0.39 is 6.11 Å². The molecule has 32 heavy (non-hydrogen) atoms. The third kappa shape index (κ3) is 6.11. The number of halogens is 2. The van der Waals surface area contributed by atoms with Crippen LogP contribution in [0.15, 0.2) is 48.5 Å². The third-order valence-electron chi connectivity index (χ3n) is 7.88. The largest absolute Gasteiger partial charge is 0.429 e. The average molecular weight is 441 g/mol. The lowest BCUT2D eigenvalue weighted by molar-refractivity contribution is -0.185. The first-order valence-electron chi connectivity index (χ1n) is 12.7. The second-order valence-corrected chi connectivity index (χ2v) is 10.5. The number of hydrogen-bond donors (Lipinski definition) is 0. The van der Waals surface area contributed by atoms with E-state index in [1.54, 1.807) is 12.1 Å². The molecule has 0 amide bonds. The highest BCUT2D eigenvalue weighted by atomic mass is 19.3. The first-order chi connectivity index (χ1) is 15.4. The van der Waals surface area contributed by atoms with E-state index in [0.29, 0.717) is 5.92 Å². The molecular weight excluding hydrogens is 402 g/mol. The van der Waals surface area contributed by atoms with Crippen LogP contribution in [0.2, 0.25) is 0 Å². The van der Waals surface area contributed by atoms with Gasteiger partial charge in [0, 0.05) is 0 Å². The second-order valence-electron chi connectivity index (χ2n) is 10.5. The van der Waals surface area contributed by atoms with Gasteiger partial charge in [0.25, 0.3) is 0 Å². The SMILES string of the molecule is CC1CCC(CCc2ccc(OC(F)(F)c3ccc(C4CCC(C)CC4)cc3)cc2)CC1. The van der Waals surface area contributed by atoms with Crippen LogP contribution in [0.5, 0.6) is 5.75 Å². The van der Waals surface area contributed by atoms with Crippen molar-refractivity contribution in [1.82, 2.24) is 0 Å². The van der Waals surface area contributed by atoms with E-state index >= 15 is 0 Å². The number of alkyl halides is 2. The van der Waals surface area contributed by atoms with Crippen LogP contribution in [0, 0.1) is 17.8 Å². The van der Waals surface area contributed by atoms with E-state index in [1.807, 2.05) is 24.3 Å². The standard InChI is InChI=1S/C29H38F2O/c1-21-3-7-23(8-4-21)9-10-24-11-19-28(20-12-24)32-29(30,31)27-17-15-26(16-18-27)25-13-5-22(2)6-14-25/h11-12,15-23,25H,3-10,13-14H2,1-2H3. The smallest absolute Gasteiger partial charge is 0.426 e. The average Bonchev–Trinajstić information content (AvgIpc) is 2.80. The molecule has 0 bridgehead atoms. The predicted molar refractivity (Wildman–Crippen MR) is 127 cm³/mol. The molecule has 2 saturated carbocycles. The van der Waals surface area contributed by atoms with Gasteiger partial charge in [0.1, 0.15) is 5.75 Å². The molecule has 0 spiro atoms. The Morgan fingerprint density at radius 3 is 1.91 bits per heavy atom. The summed E-state index contributed by atoms with van der Waals surface area (Å²) >= 11 is 0. The van der Waals surface area contributed by atoms with Gasteiger partial charge in [-0.25, -0.2) is 0 Å². The summed E-state index contributed by atoms with van der Waals surface area (Å²) in [7, 11) is 0. The number of ether oxygens (including phenoxy) is 1. The first kappa shape index (κ1) is 23.3. The molecule has 0 aromatic heterocycles. The van der Waals surface area contributed by atoms with Gasteiger partial charge in [-0.15, -0.1) is 0 Å². The van der Waals surface area contributed by atoms with Crippen LogP contribution in [0.25, 0.3) is 0 Å². The summed E-state index contributed by atoms with van der Waals surface area (Å²) in [6, 6.07) is 14.0. The highest BCUT2D eigenvalue weighted by molar-refractivity contribution is 5.31. The Morgan fingerprint density at radius 2 is 1.31 bits per heavy atom. The monoisotopic (exact) mass is 440 g/mol. The summed E-state index contributed by atoms with van der Waals surface area (Å²) in [6.07, 6.45) is 8.95. The third-order valence-corrected chi connectivity index (χ3v) is 7.88. The minimum absolute atomic E-state index is 0.0824. The Labute approximate surface area is 192 Å². The van der Waals surface area contributed by atoms with Gasteiger partial charge in [0.2, 0.25) is 0 Å². The lowest BCUT2D eigenvalue weighted by Crippen LogP contribution is -2.22. The minimum Gasteiger partial charge on any atom is -0.429 e. The zero-order valence-corrected chi connectivity index (χ0v) is 19.7. The van der Waals surface area contributed by atoms with Crippen molar-refractivity contribution in [3.05, 3.63) is 65.2 Å². The molecule has 2 aromatic carbocycles. The number of hydrogen-bond acceptors (Lipinski definition) is 1. The summed E-state index contributed by atoms with van der Waals surface area (Å²) in [5.41, 5.74) is 2.29. The van der Waals surface area contributed by atoms with Crippen LogP contribution in [-0.4, -0.2) is 0 Å². The van der Waals surface area contributed by atoms with E-state index in [-0.39, 0.29) is 11.3 Å². The van der Waals surface area contributed by atoms with Crippen molar-refractivity contribution in [3.63, 3.8) is 0 Å². The van der Waals surface area contributed by atoms with Gasteiger partial charge in [-0.3, -0.25) is 0 Å². The van der Waals surface area contributed by atoms with Crippen LogP contribution < -0.4 is 4.74 Å². The molecule has 0 saturated heterocycles. The molecule has 0 atom stereocenters. The van der Waals surface area contributed by atoms with E-state index in [0.717, 1.165) is 37.0 Å². The molecule has 1 nitrogen and oxygen atoms in total. The molecule has 0 radical (unpaired) electrons. The lowest BCUT2D eigenvalue weighted by Gasteiger charge is -2.27. The normalized spacial score (nSPS) is 26.6. The van der Waals surface area contributed by atoms with Crippen molar-refractivity contribution >= 4 is 0 Å². The van der Waals surface area contributed by atoms with E-state index in [1.165, 1.54) is 68.2 Å². The molecule has 2 aliphatic carbocycles. The topological polar surface area (TPSA) is 9.23 Å². The van der Waals surface area contributed by atoms with Gasteiger partial charge < -0.3 is 4.74 Å². The van der Waals surface area contributed by atoms with Crippen LogP contribution in [0.4, 0.5) is 8.78 Å². The summed E-state index contributed by atoms with van der Waals surface area (Å²) in [6.45, 7) is 4.64. The Morgan fingerprint density at radius 1 is 0.750 bits per heavy atom. The van der Waals surface area contributed by atoms with E-state index in [9.17, 15) is 8.78 Å². The fraction of sp³-hybridized carbons (Fsp3) is 0.586. The fourth-order valence-electron chi connectivity index (χ4n) is 5.46. The summed E-state index contributed by atoms with van der Waals surface area (Å²) in [4.78, 5) is 0. The summed E-state index contributed by atoms with van der Waals surface area (Å²) in [5.74, 6) is 3.18. The van der Waals surface area contributed by atoms with Crippen molar-refractivity contribution < 1.29 is 13.5 Å². The maximum absolute atomic E-state index is 14.8. The molecule has 0 heterocycles. The predicted octanol–water partition coefficient (Wildman–Crippen LogP) is 8.87. The molecular formula is C29H38F2O. The molecule has 0 N–H and O–H groups in total. The first-order valence-corrected chi connectivity index (χ1v) is 12.7. The second kappa shape index (κ2) is 10.4. The van der Waals surface area contributed by atoms with Gasteiger partial charge >= 0.3 is 6.11 Å². The fourth-order valence-corrected chi connectivity index (χ4v) is 5.46. The number of rotatable bonds is 7. The van der Waals surface area contributed by atoms with Crippen molar-refractivity contribution in [2.45, 2.75) is 90.1 Å². The molecule has 4 rings (SSSR count). The van der Waals surface area contributed by atoms with Crippen molar-refractivity contribution in [2.24, 2.45) is 17.8 Å². The van der Waals surface area contributed by atoms with Crippen LogP contribution in [0.1, 0.15) is 94.2 Å². The lowest BCUT2D eigenvalue weighted by atomic mass is 9.79. The zero-order valence-electron chi connectivity index (χ0n) is 19.7. The quantitative estimate of drug-likeness (QED) is 0.418. The highest BCUT2D eigenvalue weighted by Gasteiger charge is 2.34. The molecule has 174 valence electrons. The molecule has 2 aromatic rings. The Kier molecular flexibility index (Phi) is 7.53. The molecule has 2 fully saturated rings. The van der Waals surface area contributed by atoms with Gasteiger partial charge in [-0.05, 0) is 84.7 Å². The Bertz CT molecular complexity index is 826. The number of benzene rings is 2. The Balaban J connectivity index is 1.30. The minimum atomic E-state index is -3.33. The van der Waals surface area contributed by atoms with Crippen molar-refractivity contribution in [2.75, 3.05) is 0 Å². The maximum atomic E-state index is 14.8. The van der Waals surface area contributed by atoms with Gasteiger partial charge in [-0.1, -0.05) is 76.6 Å². The Hall–Kier alpha value is -1.90. The van der Waals surface area contributed by atoms with Crippen molar-refractivity contribution in [1.29, 1.82) is 0 Å². The van der Waals surface area contributed by atoms with Crippen molar-refractivity contribution in [3.8, 4) is 5.75 Å². The summed E-state index contributed by atoms with van der Waals surface area (Å²) < 4.78 is 34.7. The van der Waals surface area contributed by atoms with Gasteiger partial charge in [0.15, 0.2) is 0 Å². The molecule has 3 heteroatoms. The van der Waals surface area contributed by atoms with Crippen LogP contribution in [0.3, 0.4) is 0 Å².